The van der Waals surface area contributed by atoms with Gasteiger partial charge < -0.3 is 24.8 Å². The lowest BCUT2D eigenvalue weighted by Gasteiger charge is -2.51. The predicted octanol–water partition coefficient (Wildman–Crippen LogP) is 6.21. The minimum atomic E-state index is -1.20. The number of β-lactam (4-membered cyclic amide) rings is 1. The van der Waals surface area contributed by atoms with Gasteiger partial charge in [-0.15, -0.1) is 23.1 Å². The zero-order valence-electron chi connectivity index (χ0n) is 20.8. The van der Waals surface area contributed by atoms with Crippen LogP contribution < -0.4 is 14.8 Å². The number of nitrogens with one attached hydrogen (secondary N) is 1. The van der Waals surface area contributed by atoms with Crippen molar-refractivity contribution in [2.45, 2.75) is 30.3 Å². The van der Waals surface area contributed by atoms with Crippen LogP contribution in [0.5, 0.6) is 17.2 Å². The van der Waals surface area contributed by atoms with E-state index in [1.54, 1.807) is 29.7 Å². The van der Waals surface area contributed by atoms with Crippen molar-refractivity contribution in [3.8, 4) is 29.3 Å². The summed E-state index contributed by atoms with van der Waals surface area (Å²) in [7, 11) is 0. The number of nitrogens with zero attached hydrogens (tertiary/aromatic N) is 1. The van der Waals surface area contributed by atoms with Gasteiger partial charge in [-0.05, 0) is 52.8 Å². The molecule has 1 saturated heterocycles. The smallest absolute Gasteiger partial charge is 0.330 e. The SMILES string of the molecule is O=C(Cc1cccs1)NC1C(=O)N2C(C(=O)O)C(CC#COc3cc(Cl)ccc3Oc3ccc(Cl)cc3Cl)=CS[C@@H]12. The summed E-state index contributed by atoms with van der Waals surface area (Å²) in [5, 5.41) is 16.8. The molecule has 41 heavy (non-hydrogen) atoms. The molecule has 5 rings (SSSR count). The summed E-state index contributed by atoms with van der Waals surface area (Å²) in [4.78, 5) is 39.6. The van der Waals surface area contributed by atoms with Gasteiger partial charge >= 0.3 is 5.97 Å². The molecule has 0 spiro atoms. The van der Waals surface area contributed by atoms with Gasteiger partial charge in [0.05, 0.1) is 11.4 Å². The molecule has 3 aromatic rings. The largest absolute Gasteiger partial charge is 0.479 e. The standard InChI is InChI=1S/C28H19Cl3N2O6S2/c29-16-5-7-20(19(31)11-16)39-21-8-6-17(30)12-22(21)38-9-1-3-15-14-41-27-24(26(35)33(27)25(15)28(36)37)32-23(34)13-18-4-2-10-40-18/h2,4-8,10-12,14,24-25,27H,3,13H2,(H,32,34)(H,36,37)/t24?,25?,27-/m0/s1. The molecule has 1 aromatic heterocycles. The van der Waals surface area contributed by atoms with Crippen molar-refractivity contribution in [2.24, 2.45) is 0 Å². The van der Waals surface area contributed by atoms with Crippen LogP contribution in [0, 0.1) is 12.0 Å². The molecule has 2 N–H and O–H groups in total. The lowest BCUT2D eigenvalue weighted by molar-refractivity contribution is -0.160. The molecule has 2 aromatic carbocycles. The summed E-state index contributed by atoms with van der Waals surface area (Å²) in [6, 6.07) is 11.2. The molecule has 0 bridgehead atoms. The third-order valence-electron chi connectivity index (χ3n) is 6.08. The van der Waals surface area contributed by atoms with Crippen LogP contribution in [0.3, 0.4) is 0 Å². The molecule has 0 radical (unpaired) electrons. The number of rotatable bonds is 8. The van der Waals surface area contributed by atoms with E-state index in [9.17, 15) is 19.5 Å². The Morgan fingerprint density at radius 3 is 2.51 bits per heavy atom. The van der Waals surface area contributed by atoms with Crippen LogP contribution in [0.25, 0.3) is 0 Å². The molecular formula is C28H19Cl3N2O6S2. The van der Waals surface area contributed by atoms with Gasteiger partial charge in [-0.1, -0.05) is 46.8 Å². The number of aliphatic carboxylic acids is 1. The fourth-order valence-electron chi connectivity index (χ4n) is 4.20. The first kappa shape index (κ1) is 29.2. The second-order valence-corrected chi connectivity index (χ2v) is 12.1. The highest BCUT2D eigenvalue weighted by molar-refractivity contribution is 8.03. The maximum Gasteiger partial charge on any atom is 0.330 e. The van der Waals surface area contributed by atoms with E-state index in [-0.39, 0.29) is 24.5 Å². The molecule has 0 aliphatic carbocycles. The Hall–Kier alpha value is -3.33. The summed E-state index contributed by atoms with van der Waals surface area (Å²) < 4.78 is 11.4. The number of benzene rings is 2. The maximum absolute atomic E-state index is 12.9. The fourth-order valence-corrected chi connectivity index (χ4v) is 6.74. The van der Waals surface area contributed by atoms with Crippen molar-refractivity contribution in [1.82, 2.24) is 10.2 Å². The number of carboxylic acids is 1. The van der Waals surface area contributed by atoms with Gasteiger partial charge in [0.25, 0.3) is 0 Å². The van der Waals surface area contributed by atoms with Crippen molar-refractivity contribution in [1.29, 1.82) is 0 Å². The Morgan fingerprint density at radius 2 is 1.80 bits per heavy atom. The predicted molar refractivity (Wildman–Crippen MR) is 159 cm³/mol. The number of carboxylic acid groups (broad SMARTS) is 1. The molecule has 210 valence electrons. The van der Waals surface area contributed by atoms with Crippen LogP contribution in [0.2, 0.25) is 15.1 Å². The van der Waals surface area contributed by atoms with E-state index in [0.717, 1.165) is 4.88 Å². The zero-order valence-corrected chi connectivity index (χ0v) is 24.7. The van der Waals surface area contributed by atoms with Crippen LogP contribution in [-0.4, -0.2) is 45.2 Å². The second-order valence-electron chi connectivity index (χ2n) is 8.83. The molecule has 3 atom stereocenters. The number of thiophene rings is 1. The highest BCUT2D eigenvalue weighted by atomic mass is 35.5. The molecular weight excluding hydrogens is 631 g/mol. The van der Waals surface area contributed by atoms with Gasteiger partial charge in [0.1, 0.15) is 23.3 Å². The number of halogens is 3. The van der Waals surface area contributed by atoms with Crippen LogP contribution in [0.4, 0.5) is 0 Å². The van der Waals surface area contributed by atoms with E-state index < -0.39 is 29.3 Å². The van der Waals surface area contributed by atoms with E-state index in [1.165, 1.54) is 40.1 Å². The molecule has 2 aliphatic rings. The molecule has 13 heteroatoms. The number of carbonyl (C=O) groups is 3. The summed E-state index contributed by atoms with van der Waals surface area (Å²) >= 11 is 21.0. The monoisotopic (exact) mass is 648 g/mol. The van der Waals surface area contributed by atoms with Gasteiger partial charge in [-0.25, -0.2) is 4.79 Å². The number of carbonyl (C=O) groups excluding carboxylic acids is 2. The normalized spacial score (nSPS) is 19.2. The molecule has 3 heterocycles. The Morgan fingerprint density at radius 1 is 1.05 bits per heavy atom. The zero-order chi connectivity index (χ0) is 29.1. The van der Waals surface area contributed by atoms with E-state index in [1.807, 2.05) is 17.5 Å². The average Bonchev–Trinajstić information content (AvgIpc) is 3.44. The quantitative estimate of drug-likeness (QED) is 0.221. The van der Waals surface area contributed by atoms with Gasteiger partial charge in [0.2, 0.25) is 11.8 Å². The lowest BCUT2D eigenvalue weighted by Crippen LogP contribution is -2.73. The first-order valence-corrected chi connectivity index (χ1v) is 14.9. The number of thioether (sulfide) groups is 1. The van der Waals surface area contributed by atoms with E-state index in [2.05, 4.69) is 17.3 Å². The molecule has 8 nitrogen and oxygen atoms in total. The van der Waals surface area contributed by atoms with Gasteiger partial charge in [-0.3, -0.25) is 9.59 Å². The minimum Gasteiger partial charge on any atom is -0.479 e. The summed E-state index contributed by atoms with van der Waals surface area (Å²) in [5.41, 5.74) is 0.419. The lowest BCUT2D eigenvalue weighted by atomic mass is 9.96. The number of hydrogen-bond donors (Lipinski definition) is 2. The average molecular weight is 650 g/mol. The van der Waals surface area contributed by atoms with E-state index >= 15 is 0 Å². The van der Waals surface area contributed by atoms with Crippen molar-refractivity contribution >= 4 is 75.7 Å². The Kier molecular flexibility index (Phi) is 9.02. The van der Waals surface area contributed by atoms with Crippen molar-refractivity contribution in [3.05, 3.63) is 84.8 Å². The minimum absolute atomic E-state index is 0.0235. The van der Waals surface area contributed by atoms with Crippen molar-refractivity contribution < 1.29 is 29.0 Å². The highest BCUT2D eigenvalue weighted by Crippen LogP contribution is 2.41. The van der Waals surface area contributed by atoms with E-state index in [4.69, 9.17) is 44.3 Å². The topological polar surface area (TPSA) is 105 Å². The summed E-state index contributed by atoms with van der Waals surface area (Å²) in [6.45, 7) is 0. The number of amides is 2. The third-order valence-corrected chi connectivity index (χ3v) is 8.94. The van der Waals surface area contributed by atoms with Crippen LogP contribution in [0.15, 0.2) is 64.9 Å². The summed E-state index contributed by atoms with van der Waals surface area (Å²) in [6.07, 6.45) is 2.73. The Labute approximate surface area is 258 Å². The van der Waals surface area contributed by atoms with E-state index in [0.29, 0.717) is 32.1 Å². The van der Waals surface area contributed by atoms with Crippen LogP contribution in [0.1, 0.15) is 11.3 Å². The third kappa shape index (κ3) is 6.61. The molecule has 2 aliphatic heterocycles. The highest BCUT2D eigenvalue weighted by Gasteiger charge is 2.55. The van der Waals surface area contributed by atoms with Crippen LogP contribution in [-0.2, 0) is 20.8 Å². The second kappa shape index (κ2) is 12.7. The fraction of sp³-hybridized carbons (Fsp3) is 0.179. The first-order chi connectivity index (χ1) is 19.7. The number of hydrogen-bond acceptors (Lipinski definition) is 7. The van der Waals surface area contributed by atoms with Crippen molar-refractivity contribution in [3.63, 3.8) is 0 Å². The molecule has 0 saturated carbocycles. The number of ether oxygens (including phenoxy) is 2. The van der Waals surface area contributed by atoms with Gasteiger partial charge in [-0.2, -0.15) is 0 Å². The maximum atomic E-state index is 12.9. The molecule has 1 fully saturated rings. The van der Waals surface area contributed by atoms with Crippen molar-refractivity contribution in [2.75, 3.05) is 0 Å². The van der Waals surface area contributed by atoms with Gasteiger partial charge in [0.15, 0.2) is 17.5 Å². The molecule has 2 amide bonds. The van der Waals surface area contributed by atoms with Gasteiger partial charge in [0, 0.05) is 27.4 Å². The molecule has 2 unspecified atom stereocenters. The Balaban J connectivity index is 1.24. The summed E-state index contributed by atoms with van der Waals surface area (Å²) in [5.74, 6) is 1.72. The first-order valence-electron chi connectivity index (χ1n) is 12.0. The Bertz CT molecular complexity index is 1600. The number of fused-ring (bicyclic) bond motifs is 1. The van der Waals surface area contributed by atoms with Crippen LogP contribution >= 0.6 is 57.9 Å².